The summed E-state index contributed by atoms with van der Waals surface area (Å²) in [5, 5.41) is 5.61. The summed E-state index contributed by atoms with van der Waals surface area (Å²) in [4.78, 5) is 20.3. The van der Waals surface area contributed by atoms with E-state index < -0.39 is 0 Å². The summed E-state index contributed by atoms with van der Waals surface area (Å²) in [6.07, 6.45) is 3.28. The van der Waals surface area contributed by atoms with Gasteiger partial charge in [-0.15, -0.1) is 0 Å². The van der Waals surface area contributed by atoms with Gasteiger partial charge in [-0.05, 0) is 12.1 Å². The molecule has 5 nitrogen and oxygen atoms in total. The van der Waals surface area contributed by atoms with Gasteiger partial charge >= 0.3 is 6.03 Å². The minimum absolute atomic E-state index is 0.0874. The van der Waals surface area contributed by atoms with Gasteiger partial charge in [-0.25, -0.2) is 14.8 Å². The normalized spacial score (nSPS) is 11.0. The number of rotatable bonds is 3. The van der Waals surface area contributed by atoms with E-state index in [2.05, 4.69) is 41.4 Å². The molecular formula is C16H20N4O. The first-order valence-corrected chi connectivity index (χ1v) is 6.86. The van der Waals surface area contributed by atoms with Crippen molar-refractivity contribution >= 4 is 11.7 Å². The second kappa shape index (κ2) is 6.35. The van der Waals surface area contributed by atoms with Crippen LogP contribution < -0.4 is 10.6 Å². The number of aromatic nitrogens is 2. The molecule has 2 N–H and O–H groups in total. The van der Waals surface area contributed by atoms with E-state index in [4.69, 9.17) is 0 Å². The number of anilines is 1. The Kier molecular flexibility index (Phi) is 4.52. The zero-order valence-electron chi connectivity index (χ0n) is 12.6. The number of benzene rings is 1. The minimum atomic E-state index is -0.245. The van der Waals surface area contributed by atoms with Gasteiger partial charge < -0.3 is 10.6 Å². The predicted octanol–water partition coefficient (Wildman–Crippen LogP) is 3.10. The number of hydrogen-bond donors (Lipinski definition) is 2. The van der Waals surface area contributed by atoms with Crippen LogP contribution in [0.1, 0.15) is 32.0 Å². The van der Waals surface area contributed by atoms with Crippen molar-refractivity contribution in [2.75, 3.05) is 5.32 Å². The molecule has 2 rings (SSSR count). The maximum atomic E-state index is 11.9. The third-order valence-electron chi connectivity index (χ3n) is 2.97. The maximum Gasteiger partial charge on any atom is 0.319 e. The van der Waals surface area contributed by atoms with Crippen molar-refractivity contribution in [2.45, 2.75) is 32.7 Å². The lowest BCUT2D eigenvalue weighted by atomic mass is 9.89. The van der Waals surface area contributed by atoms with Crippen molar-refractivity contribution in [3.63, 3.8) is 0 Å². The highest BCUT2D eigenvalue weighted by Gasteiger charge is 2.19. The molecule has 0 saturated carbocycles. The minimum Gasteiger partial charge on any atom is -0.334 e. The highest BCUT2D eigenvalue weighted by atomic mass is 16.2. The van der Waals surface area contributed by atoms with Crippen LogP contribution in [-0.4, -0.2) is 16.0 Å². The monoisotopic (exact) mass is 284 g/mol. The van der Waals surface area contributed by atoms with Gasteiger partial charge in [0.1, 0.15) is 6.33 Å². The molecule has 0 fully saturated rings. The Morgan fingerprint density at radius 2 is 1.90 bits per heavy atom. The zero-order valence-corrected chi connectivity index (χ0v) is 12.6. The van der Waals surface area contributed by atoms with Crippen LogP contribution in [0.4, 0.5) is 10.5 Å². The van der Waals surface area contributed by atoms with E-state index in [1.165, 1.54) is 6.33 Å². The molecule has 0 bridgehead atoms. The van der Waals surface area contributed by atoms with Crippen LogP contribution in [-0.2, 0) is 12.0 Å². The Hall–Kier alpha value is -2.43. The first-order valence-electron chi connectivity index (χ1n) is 6.86. The molecule has 0 spiro atoms. The van der Waals surface area contributed by atoms with Crippen molar-refractivity contribution in [1.29, 1.82) is 0 Å². The number of amides is 2. The SMILES string of the molecule is CC(C)(C)c1ncncc1CNC(=O)Nc1ccccc1. The number of nitrogens with zero attached hydrogens (tertiary/aromatic N) is 2. The number of carbonyl (C=O) groups excluding carboxylic acids is 1. The van der Waals surface area contributed by atoms with Crippen molar-refractivity contribution < 1.29 is 4.79 Å². The van der Waals surface area contributed by atoms with E-state index in [0.29, 0.717) is 6.54 Å². The molecule has 2 aromatic rings. The number of para-hydroxylation sites is 1. The van der Waals surface area contributed by atoms with Gasteiger partial charge in [0.2, 0.25) is 0 Å². The number of nitrogens with one attached hydrogen (secondary N) is 2. The maximum absolute atomic E-state index is 11.9. The summed E-state index contributed by atoms with van der Waals surface area (Å²) < 4.78 is 0. The second-order valence-corrected chi connectivity index (χ2v) is 5.82. The molecular weight excluding hydrogens is 264 g/mol. The number of carbonyl (C=O) groups is 1. The number of hydrogen-bond acceptors (Lipinski definition) is 3. The molecule has 0 unspecified atom stereocenters. The average molecular weight is 284 g/mol. The summed E-state index contributed by atoms with van der Waals surface area (Å²) in [6.45, 7) is 6.65. The Bertz CT molecular complexity index is 605. The van der Waals surface area contributed by atoms with Gasteiger partial charge in [-0.1, -0.05) is 39.0 Å². The summed E-state index contributed by atoms with van der Waals surface area (Å²) in [5.41, 5.74) is 2.54. The second-order valence-electron chi connectivity index (χ2n) is 5.82. The molecule has 0 radical (unpaired) electrons. The van der Waals surface area contributed by atoms with Crippen LogP contribution in [0, 0.1) is 0 Å². The zero-order chi connectivity index (χ0) is 15.3. The van der Waals surface area contributed by atoms with Gasteiger partial charge in [0.15, 0.2) is 0 Å². The van der Waals surface area contributed by atoms with E-state index in [-0.39, 0.29) is 11.4 Å². The first-order chi connectivity index (χ1) is 9.97. The fourth-order valence-corrected chi connectivity index (χ4v) is 2.04. The van der Waals surface area contributed by atoms with Crippen LogP contribution >= 0.6 is 0 Å². The lowest BCUT2D eigenvalue weighted by Crippen LogP contribution is -2.30. The van der Waals surface area contributed by atoms with Crippen LogP contribution in [0.25, 0.3) is 0 Å². The van der Waals surface area contributed by atoms with Gasteiger partial charge in [0.05, 0.1) is 5.69 Å². The molecule has 2 amide bonds. The first kappa shape index (κ1) is 15.0. The summed E-state index contributed by atoms with van der Waals surface area (Å²) >= 11 is 0. The van der Waals surface area contributed by atoms with Crippen LogP contribution in [0.15, 0.2) is 42.9 Å². The average Bonchev–Trinajstić information content (AvgIpc) is 2.45. The number of urea groups is 1. The molecule has 1 aromatic heterocycles. The van der Waals surface area contributed by atoms with E-state index >= 15 is 0 Å². The summed E-state index contributed by atoms with van der Waals surface area (Å²) in [7, 11) is 0. The third-order valence-corrected chi connectivity index (χ3v) is 2.97. The van der Waals surface area contributed by atoms with Gasteiger partial charge in [0.25, 0.3) is 0 Å². The predicted molar refractivity (Wildman–Crippen MR) is 83.0 cm³/mol. The Balaban J connectivity index is 1.99. The van der Waals surface area contributed by atoms with Crippen molar-refractivity contribution in [3.8, 4) is 0 Å². The molecule has 1 aromatic carbocycles. The third kappa shape index (κ3) is 4.27. The lowest BCUT2D eigenvalue weighted by molar-refractivity contribution is 0.251. The van der Waals surface area contributed by atoms with E-state index in [9.17, 15) is 4.79 Å². The van der Waals surface area contributed by atoms with Crippen molar-refractivity contribution in [3.05, 3.63) is 54.1 Å². The summed E-state index contributed by atoms with van der Waals surface area (Å²) in [6, 6.07) is 9.08. The van der Waals surface area contributed by atoms with Crippen molar-refractivity contribution in [2.24, 2.45) is 0 Å². The Morgan fingerprint density at radius 3 is 2.57 bits per heavy atom. The fourth-order valence-electron chi connectivity index (χ4n) is 2.04. The van der Waals surface area contributed by atoms with Gasteiger partial charge in [-0.3, -0.25) is 0 Å². The molecule has 0 aliphatic rings. The highest BCUT2D eigenvalue weighted by Crippen LogP contribution is 2.22. The molecule has 21 heavy (non-hydrogen) atoms. The molecule has 5 heteroatoms. The standard InChI is InChI=1S/C16H20N4O/c1-16(2,3)14-12(9-17-11-19-14)10-18-15(21)20-13-7-5-4-6-8-13/h4-9,11H,10H2,1-3H3,(H2,18,20,21). The van der Waals surface area contributed by atoms with Crippen molar-refractivity contribution in [1.82, 2.24) is 15.3 Å². The molecule has 0 aliphatic carbocycles. The topological polar surface area (TPSA) is 66.9 Å². The fraction of sp³-hybridized carbons (Fsp3) is 0.312. The van der Waals surface area contributed by atoms with Crippen LogP contribution in [0.3, 0.4) is 0 Å². The van der Waals surface area contributed by atoms with E-state index in [1.807, 2.05) is 30.3 Å². The highest BCUT2D eigenvalue weighted by molar-refractivity contribution is 5.89. The Labute approximate surface area is 124 Å². The molecule has 0 saturated heterocycles. The quantitative estimate of drug-likeness (QED) is 0.910. The molecule has 110 valence electrons. The largest absolute Gasteiger partial charge is 0.334 e. The van der Waals surface area contributed by atoms with E-state index in [1.54, 1.807) is 6.20 Å². The Morgan fingerprint density at radius 1 is 1.19 bits per heavy atom. The van der Waals surface area contributed by atoms with Gasteiger partial charge in [-0.2, -0.15) is 0 Å². The molecule has 1 heterocycles. The molecule has 0 aliphatic heterocycles. The summed E-state index contributed by atoms with van der Waals surface area (Å²) in [5.74, 6) is 0. The lowest BCUT2D eigenvalue weighted by Gasteiger charge is -2.21. The smallest absolute Gasteiger partial charge is 0.319 e. The van der Waals surface area contributed by atoms with Crippen LogP contribution in [0.2, 0.25) is 0 Å². The van der Waals surface area contributed by atoms with E-state index in [0.717, 1.165) is 16.9 Å². The van der Waals surface area contributed by atoms with Gasteiger partial charge in [0, 0.05) is 29.4 Å². The molecule has 0 atom stereocenters. The van der Waals surface area contributed by atoms with Crippen LogP contribution in [0.5, 0.6) is 0 Å².